The molecule has 1 aliphatic carbocycles. The molecule has 1 heterocycles. The van der Waals surface area contributed by atoms with Gasteiger partial charge in [-0.2, -0.15) is 0 Å². The SMILES string of the molecule is CC(C[C@@H](C(=O)N[C@@H]1CC[C@H]2CN(Cc3ccc(F)cc3)C[C@H]21)N(C)C(=O)O)CC(C)(C)C. The first kappa shape index (κ1) is 25.5. The molecule has 3 rings (SSSR count). The lowest BCUT2D eigenvalue weighted by atomic mass is 9.82. The fourth-order valence-electron chi connectivity index (χ4n) is 5.88. The predicted octanol–water partition coefficient (Wildman–Crippen LogP) is 4.59. The summed E-state index contributed by atoms with van der Waals surface area (Å²) >= 11 is 0. The highest BCUT2D eigenvalue weighted by atomic mass is 19.1. The Hall–Kier alpha value is -2.15. The van der Waals surface area contributed by atoms with Crippen LogP contribution in [0.5, 0.6) is 0 Å². The number of halogens is 1. The molecule has 6 nitrogen and oxygen atoms in total. The Balaban J connectivity index is 1.60. The molecule has 1 saturated heterocycles. The number of likely N-dealkylation sites (tertiary alicyclic amines) is 1. The first-order valence-electron chi connectivity index (χ1n) is 12.2. The molecule has 0 spiro atoms. The van der Waals surface area contributed by atoms with Crippen molar-refractivity contribution in [1.29, 1.82) is 0 Å². The predicted molar refractivity (Wildman–Crippen MR) is 127 cm³/mol. The van der Waals surface area contributed by atoms with Crippen molar-refractivity contribution < 1.29 is 19.1 Å². The van der Waals surface area contributed by atoms with Crippen LogP contribution in [0, 0.1) is 29.0 Å². The highest BCUT2D eigenvalue weighted by molar-refractivity contribution is 5.85. The van der Waals surface area contributed by atoms with E-state index in [1.165, 1.54) is 19.2 Å². The average molecular weight is 462 g/mol. The van der Waals surface area contributed by atoms with Gasteiger partial charge in [0.05, 0.1) is 0 Å². The first-order valence-corrected chi connectivity index (χ1v) is 12.2. The molecule has 2 amide bonds. The van der Waals surface area contributed by atoms with E-state index in [1.807, 2.05) is 12.1 Å². The Morgan fingerprint density at radius 2 is 1.88 bits per heavy atom. The molecule has 7 heteroatoms. The third kappa shape index (κ3) is 6.92. The van der Waals surface area contributed by atoms with Gasteiger partial charge in [0.1, 0.15) is 11.9 Å². The Bertz CT molecular complexity index is 823. The monoisotopic (exact) mass is 461 g/mol. The number of fused-ring (bicyclic) bond motifs is 1. The van der Waals surface area contributed by atoms with Crippen LogP contribution in [-0.2, 0) is 11.3 Å². The molecule has 5 atom stereocenters. The van der Waals surface area contributed by atoms with Crippen molar-refractivity contribution in [1.82, 2.24) is 15.1 Å². The second-order valence-corrected chi connectivity index (χ2v) is 11.5. The average Bonchev–Trinajstić information content (AvgIpc) is 3.27. The number of carbonyl (C=O) groups is 2. The van der Waals surface area contributed by atoms with Gasteiger partial charge in [0, 0.05) is 32.7 Å². The summed E-state index contributed by atoms with van der Waals surface area (Å²) in [5.41, 5.74) is 1.21. The number of nitrogens with zero attached hydrogens (tertiary/aromatic N) is 2. The van der Waals surface area contributed by atoms with E-state index in [2.05, 4.69) is 37.9 Å². The van der Waals surface area contributed by atoms with Gasteiger partial charge < -0.3 is 10.4 Å². The van der Waals surface area contributed by atoms with Crippen molar-refractivity contribution in [3.8, 4) is 0 Å². The van der Waals surface area contributed by atoms with Crippen LogP contribution >= 0.6 is 0 Å². The Morgan fingerprint density at radius 3 is 2.48 bits per heavy atom. The Kier molecular flexibility index (Phi) is 8.04. The molecule has 184 valence electrons. The van der Waals surface area contributed by atoms with Gasteiger partial charge in [-0.3, -0.25) is 14.6 Å². The zero-order valence-electron chi connectivity index (χ0n) is 20.7. The molecular weight excluding hydrogens is 421 g/mol. The summed E-state index contributed by atoms with van der Waals surface area (Å²) in [5, 5.41) is 12.8. The zero-order chi connectivity index (χ0) is 24.3. The minimum atomic E-state index is -1.08. The lowest BCUT2D eigenvalue weighted by Crippen LogP contribution is -2.52. The van der Waals surface area contributed by atoms with Crippen molar-refractivity contribution in [2.45, 2.75) is 72.0 Å². The smallest absolute Gasteiger partial charge is 0.407 e. The summed E-state index contributed by atoms with van der Waals surface area (Å²) < 4.78 is 13.2. The van der Waals surface area contributed by atoms with Gasteiger partial charge in [-0.15, -0.1) is 0 Å². The summed E-state index contributed by atoms with van der Waals surface area (Å²) in [5.74, 6) is 0.737. The third-order valence-electron chi connectivity index (χ3n) is 7.24. The number of rotatable bonds is 8. The van der Waals surface area contributed by atoms with Crippen molar-refractivity contribution in [2.75, 3.05) is 20.1 Å². The minimum absolute atomic E-state index is 0.0725. The van der Waals surface area contributed by atoms with Crippen molar-refractivity contribution in [3.63, 3.8) is 0 Å². The molecule has 2 aliphatic rings. The number of hydrogen-bond donors (Lipinski definition) is 2. The van der Waals surface area contributed by atoms with Crippen molar-refractivity contribution in [3.05, 3.63) is 35.6 Å². The van der Waals surface area contributed by atoms with E-state index < -0.39 is 12.1 Å². The zero-order valence-corrected chi connectivity index (χ0v) is 20.7. The molecule has 0 bridgehead atoms. The van der Waals surface area contributed by atoms with E-state index in [0.29, 0.717) is 18.3 Å². The normalized spacial score (nSPS) is 24.8. The number of likely N-dealkylation sites (N-methyl/N-ethyl adjacent to an activating group) is 1. The van der Waals surface area contributed by atoms with Crippen LogP contribution in [0.15, 0.2) is 24.3 Å². The summed E-state index contributed by atoms with van der Waals surface area (Å²) in [4.78, 5) is 28.5. The first-order chi connectivity index (χ1) is 15.4. The van der Waals surface area contributed by atoms with Crippen molar-refractivity contribution in [2.24, 2.45) is 23.2 Å². The fraction of sp³-hybridized carbons (Fsp3) is 0.692. The molecule has 1 aromatic carbocycles. The van der Waals surface area contributed by atoms with E-state index >= 15 is 0 Å². The van der Waals surface area contributed by atoms with E-state index in [0.717, 1.165) is 49.4 Å². The van der Waals surface area contributed by atoms with Gasteiger partial charge in [-0.25, -0.2) is 9.18 Å². The fourth-order valence-corrected chi connectivity index (χ4v) is 5.88. The van der Waals surface area contributed by atoms with Crippen LogP contribution in [0.3, 0.4) is 0 Å². The molecule has 1 unspecified atom stereocenters. The largest absolute Gasteiger partial charge is 0.465 e. The Morgan fingerprint density at radius 1 is 1.21 bits per heavy atom. The molecule has 2 N–H and O–H groups in total. The lowest BCUT2D eigenvalue weighted by molar-refractivity contribution is -0.127. The summed E-state index contributed by atoms with van der Waals surface area (Å²) in [7, 11) is 1.49. The van der Waals surface area contributed by atoms with Crippen molar-refractivity contribution >= 4 is 12.0 Å². The maximum absolute atomic E-state index is 13.3. The Labute approximate surface area is 197 Å². The van der Waals surface area contributed by atoms with Crippen LogP contribution in [-0.4, -0.2) is 59.1 Å². The van der Waals surface area contributed by atoms with Gasteiger partial charge in [-0.05, 0) is 66.5 Å². The van der Waals surface area contributed by atoms with Gasteiger partial charge in [0.25, 0.3) is 0 Å². The molecule has 1 aromatic rings. The number of amides is 2. The quantitative estimate of drug-likeness (QED) is 0.594. The topological polar surface area (TPSA) is 72.9 Å². The maximum atomic E-state index is 13.3. The molecule has 33 heavy (non-hydrogen) atoms. The van der Waals surface area contributed by atoms with E-state index in [9.17, 15) is 19.1 Å². The molecule has 0 aromatic heterocycles. The standard InChI is InChI=1S/C26H40FN3O3/c1-17(13-26(2,3)4)12-23(29(5)25(32)33)24(31)28-22-11-8-19-15-30(16-21(19)22)14-18-6-9-20(27)10-7-18/h6-7,9-10,17,19,21-23H,8,11-16H2,1-5H3,(H,28,31)(H,32,33)/t17?,19-,21+,22+,23-/m0/s1. The third-order valence-corrected chi connectivity index (χ3v) is 7.24. The molecular formula is C26H40FN3O3. The second-order valence-electron chi connectivity index (χ2n) is 11.5. The number of carboxylic acid groups (broad SMARTS) is 1. The van der Waals surface area contributed by atoms with Crippen LogP contribution in [0.4, 0.5) is 9.18 Å². The highest BCUT2D eigenvalue weighted by Gasteiger charge is 2.44. The molecule has 1 saturated carbocycles. The van der Waals surface area contributed by atoms with Gasteiger partial charge in [-0.1, -0.05) is 39.8 Å². The van der Waals surface area contributed by atoms with Crippen LogP contribution in [0.2, 0.25) is 0 Å². The minimum Gasteiger partial charge on any atom is -0.465 e. The summed E-state index contributed by atoms with van der Waals surface area (Å²) in [6.07, 6.45) is 2.37. The number of benzene rings is 1. The summed E-state index contributed by atoms with van der Waals surface area (Å²) in [6, 6.07) is 6.03. The maximum Gasteiger partial charge on any atom is 0.407 e. The molecule has 2 fully saturated rings. The summed E-state index contributed by atoms with van der Waals surface area (Å²) in [6.45, 7) is 11.2. The highest BCUT2D eigenvalue weighted by Crippen LogP contribution is 2.39. The lowest BCUT2D eigenvalue weighted by Gasteiger charge is -2.31. The van der Waals surface area contributed by atoms with Gasteiger partial charge in [0.2, 0.25) is 5.91 Å². The molecule has 1 aliphatic heterocycles. The van der Waals surface area contributed by atoms with E-state index in [1.54, 1.807) is 0 Å². The second kappa shape index (κ2) is 10.4. The van der Waals surface area contributed by atoms with Gasteiger partial charge >= 0.3 is 6.09 Å². The van der Waals surface area contributed by atoms with Crippen LogP contribution in [0.25, 0.3) is 0 Å². The van der Waals surface area contributed by atoms with E-state index in [4.69, 9.17) is 0 Å². The number of hydrogen-bond acceptors (Lipinski definition) is 3. The van der Waals surface area contributed by atoms with Crippen LogP contribution in [0.1, 0.15) is 58.9 Å². The van der Waals surface area contributed by atoms with Crippen LogP contribution < -0.4 is 5.32 Å². The van der Waals surface area contributed by atoms with E-state index in [-0.39, 0.29) is 29.1 Å². The number of nitrogens with one attached hydrogen (secondary N) is 1. The van der Waals surface area contributed by atoms with Gasteiger partial charge in [0.15, 0.2) is 0 Å². The number of carbonyl (C=O) groups excluding carboxylic acids is 1. The molecule has 0 radical (unpaired) electrons.